The second-order valence-electron chi connectivity index (χ2n) is 6.10. The first-order valence-corrected chi connectivity index (χ1v) is 8.85. The number of ether oxygens (including phenoxy) is 2. The molecule has 1 unspecified atom stereocenters. The van der Waals surface area contributed by atoms with E-state index in [1.165, 1.54) is 7.11 Å². The molecule has 0 spiro atoms. The van der Waals surface area contributed by atoms with Crippen LogP contribution in [0, 0.1) is 5.82 Å². The first-order valence-electron chi connectivity index (χ1n) is 8.85. The quantitative estimate of drug-likeness (QED) is 0.656. The smallest absolute Gasteiger partial charge is 0.174 e. The predicted octanol–water partition coefficient (Wildman–Crippen LogP) is 3.76. The van der Waals surface area contributed by atoms with Gasteiger partial charge in [0.25, 0.3) is 0 Å². The molecule has 0 bridgehead atoms. The van der Waals surface area contributed by atoms with Crippen molar-refractivity contribution >= 4 is 0 Å². The van der Waals surface area contributed by atoms with Crippen LogP contribution in [0.5, 0.6) is 5.75 Å². The lowest BCUT2D eigenvalue weighted by molar-refractivity contribution is 0.0337. The van der Waals surface area contributed by atoms with Gasteiger partial charge in [-0.25, -0.2) is 9.37 Å². The lowest BCUT2D eigenvalue weighted by atomic mass is 10.0. The maximum Gasteiger partial charge on any atom is 0.174 e. The van der Waals surface area contributed by atoms with Crippen LogP contribution in [0.15, 0.2) is 54.9 Å². The molecule has 0 aliphatic carbocycles. The van der Waals surface area contributed by atoms with Crippen molar-refractivity contribution in [1.29, 1.82) is 0 Å². The first kappa shape index (κ1) is 19.1. The van der Waals surface area contributed by atoms with Crippen LogP contribution in [-0.2, 0) is 11.3 Å². The lowest BCUT2D eigenvalue weighted by Gasteiger charge is -2.16. The van der Waals surface area contributed by atoms with E-state index in [-0.39, 0.29) is 18.9 Å². The number of hydrogen-bond acceptors (Lipinski definition) is 4. The topological polar surface area (TPSA) is 56.5 Å². The van der Waals surface area contributed by atoms with Crippen molar-refractivity contribution in [2.75, 3.05) is 20.3 Å². The Morgan fingerprint density at radius 1 is 1.15 bits per heavy atom. The summed E-state index contributed by atoms with van der Waals surface area (Å²) in [5.41, 5.74) is 2.47. The molecule has 1 N–H and O–H groups in total. The van der Waals surface area contributed by atoms with Crippen LogP contribution >= 0.6 is 0 Å². The molecule has 6 heteroatoms. The van der Waals surface area contributed by atoms with Gasteiger partial charge in [-0.1, -0.05) is 36.4 Å². The van der Waals surface area contributed by atoms with Gasteiger partial charge in [-0.3, -0.25) is 0 Å². The van der Waals surface area contributed by atoms with Crippen molar-refractivity contribution in [3.63, 3.8) is 0 Å². The van der Waals surface area contributed by atoms with Crippen LogP contribution < -0.4 is 4.74 Å². The molecule has 0 aliphatic rings. The Bertz CT molecular complexity index is 880. The van der Waals surface area contributed by atoms with Crippen molar-refractivity contribution in [3.8, 4) is 28.3 Å². The number of aliphatic hydroxyl groups is 1. The van der Waals surface area contributed by atoms with Gasteiger partial charge in [0.15, 0.2) is 11.6 Å². The van der Waals surface area contributed by atoms with Gasteiger partial charge in [0.05, 0.1) is 44.1 Å². The maximum absolute atomic E-state index is 15.0. The summed E-state index contributed by atoms with van der Waals surface area (Å²) in [4.78, 5) is 4.50. The molecule has 0 amide bonds. The number of methoxy groups -OCH3 is 1. The number of hydrogen-bond donors (Lipinski definition) is 1. The fourth-order valence-corrected chi connectivity index (χ4v) is 3.00. The molecule has 2 aromatic carbocycles. The molecular formula is C21H23FN2O3. The number of nitrogens with zero attached hydrogens (tertiary/aromatic N) is 2. The third-order valence-electron chi connectivity index (χ3n) is 4.25. The largest absolute Gasteiger partial charge is 0.494 e. The van der Waals surface area contributed by atoms with E-state index in [0.717, 1.165) is 5.56 Å². The first-order chi connectivity index (χ1) is 13.2. The summed E-state index contributed by atoms with van der Waals surface area (Å²) in [5, 5.41) is 10.3. The van der Waals surface area contributed by atoms with Crippen LogP contribution in [0.4, 0.5) is 4.39 Å². The highest BCUT2D eigenvalue weighted by Gasteiger charge is 2.21. The summed E-state index contributed by atoms with van der Waals surface area (Å²) < 4.78 is 27.2. The summed E-state index contributed by atoms with van der Waals surface area (Å²) in [6.07, 6.45) is 0.890. The minimum atomic E-state index is -0.727. The molecular weight excluding hydrogens is 347 g/mol. The van der Waals surface area contributed by atoms with Crippen LogP contribution in [0.25, 0.3) is 22.5 Å². The summed E-state index contributed by atoms with van der Waals surface area (Å²) in [5.74, 6) is -0.299. The monoisotopic (exact) mass is 370 g/mol. The number of aliphatic hydroxyl groups excluding tert-OH is 1. The molecule has 0 saturated carbocycles. The normalized spacial score (nSPS) is 12.1. The molecule has 1 aromatic heterocycles. The zero-order chi connectivity index (χ0) is 19.2. The van der Waals surface area contributed by atoms with E-state index in [0.29, 0.717) is 23.6 Å². The maximum atomic E-state index is 15.0. The number of benzene rings is 2. The standard InChI is InChI=1S/C21H23FN2O3/c1-3-27-13-16(25)12-24-14-23-20(15-8-5-4-6-9-15)21(24)17-10-7-11-18(26-2)19(17)22/h4-11,14,16,25H,3,12-13H2,1-2H3. The Labute approximate surface area is 158 Å². The Morgan fingerprint density at radius 3 is 2.63 bits per heavy atom. The molecule has 0 radical (unpaired) electrons. The lowest BCUT2D eigenvalue weighted by Crippen LogP contribution is -2.22. The zero-order valence-corrected chi connectivity index (χ0v) is 15.4. The van der Waals surface area contributed by atoms with Gasteiger partial charge in [0.1, 0.15) is 0 Å². The van der Waals surface area contributed by atoms with E-state index in [4.69, 9.17) is 9.47 Å². The molecule has 3 rings (SSSR count). The molecule has 1 heterocycles. The van der Waals surface area contributed by atoms with Crippen molar-refractivity contribution in [2.24, 2.45) is 0 Å². The number of rotatable bonds is 8. The molecule has 0 fully saturated rings. The SMILES string of the molecule is CCOCC(O)Cn1cnc(-c2ccccc2)c1-c1cccc(OC)c1F. The molecule has 3 aromatic rings. The van der Waals surface area contributed by atoms with Gasteiger partial charge in [-0.2, -0.15) is 0 Å². The van der Waals surface area contributed by atoms with Crippen molar-refractivity contribution < 1.29 is 19.0 Å². The Morgan fingerprint density at radius 2 is 1.93 bits per heavy atom. The molecule has 142 valence electrons. The number of halogens is 1. The highest BCUT2D eigenvalue weighted by molar-refractivity contribution is 5.79. The van der Waals surface area contributed by atoms with E-state index in [9.17, 15) is 9.50 Å². The fourth-order valence-electron chi connectivity index (χ4n) is 3.00. The van der Waals surface area contributed by atoms with E-state index >= 15 is 0 Å². The minimum absolute atomic E-state index is 0.161. The van der Waals surface area contributed by atoms with Gasteiger partial charge < -0.3 is 19.1 Å². The van der Waals surface area contributed by atoms with Gasteiger partial charge in [0.2, 0.25) is 0 Å². The molecule has 5 nitrogen and oxygen atoms in total. The van der Waals surface area contributed by atoms with Gasteiger partial charge >= 0.3 is 0 Å². The number of aromatic nitrogens is 2. The highest BCUT2D eigenvalue weighted by atomic mass is 19.1. The average molecular weight is 370 g/mol. The molecule has 27 heavy (non-hydrogen) atoms. The molecule has 0 aliphatic heterocycles. The molecule has 0 saturated heterocycles. The summed E-state index contributed by atoms with van der Waals surface area (Å²) in [7, 11) is 1.43. The third-order valence-corrected chi connectivity index (χ3v) is 4.25. The van der Waals surface area contributed by atoms with Crippen molar-refractivity contribution in [3.05, 3.63) is 60.7 Å². The average Bonchev–Trinajstić information content (AvgIpc) is 3.10. The zero-order valence-electron chi connectivity index (χ0n) is 15.4. The van der Waals surface area contributed by atoms with Crippen LogP contribution in [0.1, 0.15) is 6.92 Å². The van der Waals surface area contributed by atoms with E-state index < -0.39 is 11.9 Å². The minimum Gasteiger partial charge on any atom is -0.494 e. The Kier molecular flexibility index (Phi) is 6.21. The van der Waals surface area contributed by atoms with Crippen LogP contribution in [0.2, 0.25) is 0 Å². The van der Waals surface area contributed by atoms with Gasteiger partial charge in [-0.05, 0) is 19.1 Å². The van der Waals surface area contributed by atoms with Crippen LogP contribution in [-0.4, -0.2) is 41.1 Å². The Balaban J connectivity index is 2.10. The van der Waals surface area contributed by atoms with E-state index in [2.05, 4.69) is 4.98 Å². The van der Waals surface area contributed by atoms with E-state index in [1.54, 1.807) is 29.1 Å². The van der Waals surface area contributed by atoms with Gasteiger partial charge in [-0.15, -0.1) is 0 Å². The van der Waals surface area contributed by atoms with E-state index in [1.807, 2.05) is 37.3 Å². The van der Waals surface area contributed by atoms with Gasteiger partial charge in [0, 0.05) is 17.7 Å². The second kappa shape index (κ2) is 8.79. The Hall–Kier alpha value is -2.70. The third kappa shape index (κ3) is 4.18. The van der Waals surface area contributed by atoms with Crippen LogP contribution in [0.3, 0.4) is 0 Å². The summed E-state index contributed by atoms with van der Waals surface area (Å²) >= 11 is 0. The number of imidazole rings is 1. The summed E-state index contributed by atoms with van der Waals surface area (Å²) in [6, 6.07) is 14.6. The summed E-state index contributed by atoms with van der Waals surface area (Å²) in [6.45, 7) is 2.84. The fraction of sp³-hybridized carbons (Fsp3) is 0.286. The van der Waals surface area contributed by atoms with Crippen molar-refractivity contribution in [1.82, 2.24) is 9.55 Å². The molecule has 1 atom stereocenters. The second-order valence-corrected chi connectivity index (χ2v) is 6.10. The highest BCUT2D eigenvalue weighted by Crippen LogP contribution is 2.35. The van der Waals surface area contributed by atoms with Crippen molar-refractivity contribution in [2.45, 2.75) is 19.6 Å². The predicted molar refractivity (Wildman–Crippen MR) is 102 cm³/mol.